The molecular weight excluding hydrogens is 298 g/mol. The standard InChI is InChI=1S/C16H19N3O4/c1-3-22-15(20)10-13(12-7-5-4-6-8-12)17-16(21)18-14-9-11(2)23-19-14/h4-9,13H,3,10H2,1-2H3,(H2,17,18,19,21)/t13-/m1/s1. The van der Waals surface area contributed by atoms with Gasteiger partial charge >= 0.3 is 12.0 Å². The van der Waals surface area contributed by atoms with Crippen LogP contribution in [0.4, 0.5) is 10.6 Å². The summed E-state index contributed by atoms with van der Waals surface area (Å²) < 4.78 is 9.84. The van der Waals surface area contributed by atoms with Gasteiger partial charge in [-0.3, -0.25) is 10.1 Å². The second kappa shape index (κ2) is 7.98. The van der Waals surface area contributed by atoms with Gasteiger partial charge in [0.15, 0.2) is 5.82 Å². The minimum atomic E-state index is -0.497. The van der Waals surface area contributed by atoms with Gasteiger partial charge in [-0.15, -0.1) is 0 Å². The smallest absolute Gasteiger partial charge is 0.320 e. The lowest BCUT2D eigenvalue weighted by atomic mass is 10.0. The molecule has 0 spiro atoms. The van der Waals surface area contributed by atoms with E-state index in [-0.39, 0.29) is 12.4 Å². The van der Waals surface area contributed by atoms with Crippen molar-refractivity contribution >= 4 is 17.8 Å². The van der Waals surface area contributed by atoms with Gasteiger partial charge in [-0.1, -0.05) is 35.5 Å². The topological polar surface area (TPSA) is 93.5 Å². The highest BCUT2D eigenvalue weighted by Crippen LogP contribution is 2.17. The van der Waals surface area contributed by atoms with E-state index < -0.39 is 12.1 Å². The van der Waals surface area contributed by atoms with E-state index in [2.05, 4.69) is 15.8 Å². The molecular formula is C16H19N3O4. The summed E-state index contributed by atoms with van der Waals surface area (Å²) in [7, 11) is 0. The zero-order valence-corrected chi connectivity index (χ0v) is 13.0. The maximum atomic E-state index is 12.1. The maximum Gasteiger partial charge on any atom is 0.320 e. The summed E-state index contributed by atoms with van der Waals surface area (Å²) in [5, 5.41) is 9.00. The number of esters is 1. The average molecular weight is 317 g/mol. The Balaban J connectivity index is 2.04. The Hall–Kier alpha value is -2.83. The highest BCUT2D eigenvalue weighted by molar-refractivity contribution is 5.88. The Morgan fingerprint density at radius 3 is 2.65 bits per heavy atom. The molecule has 2 N–H and O–H groups in total. The van der Waals surface area contributed by atoms with Crippen LogP contribution in [-0.4, -0.2) is 23.8 Å². The van der Waals surface area contributed by atoms with Gasteiger partial charge < -0.3 is 14.6 Å². The number of anilines is 1. The quantitative estimate of drug-likeness (QED) is 0.799. The van der Waals surface area contributed by atoms with Crippen LogP contribution in [0, 0.1) is 6.92 Å². The lowest BCUT2D eigenvalue weighted by molar-refractivity contribution is -0.143. The van der Waals surface area contributed by atoms with Crippen LogP contribution in [0.5, 0.6) is 0 Å². The van der Waals surface area contributed by atoms with Gasteiger partial charge in [-0.25, -0.2) is 4.79 Å². The minimum absolute atomic E-state index is 0.0448. The van der Waals surface area contributed by atoms with Gasteiger partial charge in [0.05, 0.1) is 19.1 Å². The molecule has 0 aliphatic rings. The molecule has 2 amide bonds. The Morgan fingerprint density at radius 1 is 1.30 bits per heavy atom. The number of nitrogens with zero attached hydrogens (tertiary/aromatic N) is 1. The van der Waals surface area contributed by atoms with Gasteiger partial charge in [0.1, 0.15) is 5.76 Å². The van der Waals surface area contributed by atoms with E-state index in [1.54, 1.807) is 19.9 Å². The number of nitrogens with one attached hydrogen (secondary N) is 2. The molecule has 1 aromatic heterocycles. The first-order valence-corrected chi connectivity index (χ1v) is 7.30. The van der Waals surface area contributed by atoms with Crippen molar-refractivity contribution in [2.45, 2.75) is 26.3 Å². The van der Waals surface area contributed by atoms with E-state index in [1.807, 2.05) is 30.3 Å². The highest BCUT2D eigenvalue weighted by Gasteiger charge is 2.19. The van der Waals surface area contributed by atoms with Crippen molar-refractivity contribution in [3.05, 3.63) is 47.7 Å². The summed E-state index contributed by atoms with van der Waals surface area (Å²) in [6.07, 6.45) is 0.0448. The van der Waals surface area contributed by atoms with E-state index in [0.29, 0.717) is 18.2 Å². The summed E-state index contributed by atoms with van der Waals surface area (Å²) in [5.74, 6) is 0.522. The summed E-state index contributed by atoms with van der Waals surface area (Å²) >= 11 is 0. The zero-order valence-electron chi connectivity index (χ0n) is 13.0. The molecule has 7 nitrogen and oxygen atoms in total. The van der Waals surface area contributed by atoms with Crippen molar-refractivity contribution < 1.29 is 18.8 Å². The Labute approximate surface area is 134 Å². The average Bonchev–Trinajstić information content (AvgIpc) is 2.92. The van der Waals surface area contributed by atoms with Crippen LogP contribution < -0.4 is 10.6 Å². The van der Waals surface area contributed by atoms with Crippen molar-refractivity contribution in [1.29, 1.82) is 0 Å². The van der Waals surface area contributed by atoms with Crippen LogP contribution in [-0.2, 0) is 9.53 Å². The van der Waals surface area contributed by atoms with Crippen molar-refractivity contribution in [2.24, 2.45) is 0 Å². The molecule has 0 saturated heterocycles. The zero-order chi connectivity index (χ0) is 16.7. The number of benzene rings is 1. The number of rotatable bonds is 6. The fourth-order valence-corrected chi connectivity index (χ4v) is 2.06. The second-order valence-corrected chi connectivity index (χ2v) is 4.89. The molecule has 0 fully saturated rings. The lowest BCUT2D eigenvalue weighted by Gasteiger charge is -2.18. The predicted molar refractivity (Wildman–Crippen MR) is 83.8 cm³/mol. The first kappa shape index (κ1) is 16.5. The number of ether oxygens (including phenoxy) is 1. The van der Waals surface area contributed by atoms with Gasteiger partial charge in [0.2, 0.25) is 0 Å². The number of aromatic nitrogens is 1. The minimum Gasteiger partial charge on any atom is -0.466 e. The van der Waals surface area contributed by atoms with E-state index in [1.165, 1.54) is 0 Å². The lowest BCUT2D eigenvalue weighted by Crippen LogP contribution is -2.34. The Bertz CT molecular complexity index is 654. The number of hydrogen-bond acceptors (Lipinski definition) is 5. The number of carbonyl (C=O) groups is 2. The predicted octanol–water partition coefficient (Wildman–Crippen LogP) is 2.80. The Kier molecular flexibility index (Phi) is 5.74. The Morgan fingerprint density at radius 2 is 2.04 bits per heavy atom. The largest absolute Gasteiger partial charge is 0.466 e. The normalized spacial score (nSPS) is 11.6. The first-order chi connectivity index (χ1) is 11.1. The summed E-state index contributed by atoms with van der Waals surface area (Å²) in [5.41, 5.74) is 0.812. The van der Waals surface area contributed by atoms with Gasteiger partial charge in [-0.05, 0) is 19.4 Å². The van der Waals surface area contributed by atoms with Crippen molar-refractivity contribution in [3.8, 4) is 0 Å². The SMILES string of the molecule is CCOC(=O)C[C@@H](NC(=O)Nc1cc(C)on1)c1ccccc1. The molecule has 0 aliphatic heterocycles. The van der Waals surface area contributed by atoms with Crippen molar-refractivity contribution in [2.75, 3.05) is 11.9 Å². The van der Waals surface area contributed by atoms with Crippen LogP contribution in [0.3, 0.4) is 0 Å². The fourth-order valence-electron chi connectivity index (χ4n) is 2.06. The van der Waals surface area contributed by atoms with E-state index in [0.717, 1.165) is 5.56 Å². The van der Waals surface area contributed by atoms with Gasteiger partial charge in [0.25, 0.3) is 0 Å². The number of amides is 2. The van der Waals surface area contributed by atoms with Crippen LogP contribution in [0.15, 0.2) is 40.9 Å². The van der Waals surface area contributed by atoms with Crippen LogP contribution in [0.1, 0.15) is 30.7 Å². The molecule has 0 saturated carbocycles. The van der Waals surface area contributed by atoms with Crippen molar-refractivity contribution in [1.82, 2.24) is 10.5 Å². The molecule has 0 radical (unpaired) electrons. The third-order valence-corrected chi connectivity index (χ3v) is 3.05. The summed E-state index contributed by atoms with van der Waals surface area (Å²) in [6, 6.07) is 9.85. The first-order valence-electron chi connectivity index (χ1n) is 7.30. The number of aryl methyl sites for hydroxylation is 1. The second-order valence-electron chi connectivity index (χ2n) is 4.89. The van der Waals surface area contributed by atoms with E-state index in [4.69, 9.17) is 9.26 Å². The third-order valence-electron chi connectivity index (χ3n) is 3.05. The van der Waals surface area contributed by atoms with Crippen LogP contribution in [0.25, 0.3) is 0 Å². The molecule has 0 bridgehead atoms. The molecule has 2 aromatic rings. The third kappa shape index (κ3) is 5.14. The number of hydrogen-bond donors (Lipinski definition) is 2. The number of carbonyl (C=O) groups excluding carboxylic acids is 2. The van der Waals surface area contributed by atoms with Crippen LogP contribution >= 0.6 is 0 Å². The molecule has 1 heterocycles. The highest BCUT2D eigenvalue weighted by atomic mass is 16.5. The fraction of sp³-hybridized carbons (Fsp3) is 0.312. The van der Waals surface area contributed by atoms with Crippen molar-refractivity contribution in [3.63, 3.8) is 0 Å². The maximum absolute atomic E-state index is 12.1. The van der Waals surface area contributed by atoms with Gasteiger partial charge in [0, 0.05) is 6.07 Å². The van der Waals surface area contributed by atoms with Gasteiger partial charge in [-0.2, -0.15) is 0 Å². The summed E-state index contributed by atoms with van der Waals surface area (Å²) in [4.78, 5) is 23.8. The molecule has 23 heavy (non-hydrogen) atoms. The monoisotopic (exact) mass is 317 g/mol. The molecule has 0 aliphatic carbocycles. The van der Waals surface area contributed by atoms with E-state index >= 15 is 0 Å². The molecule has 1 atom stereocenters. The van der Waals surface area contributed by atoms with Crippen LogP contribution in [0.2, 0.25) is 0 Å². The number of urea groups is 1. The summed E-state index contributed by atoms with van der Waals surface area (Å²) in [6.45, 7) is 3.76. The molecule has 0 unspecified atom stereocenters. The molecule has 122 valence electrons. The molecule has 7 heteroatoms. The molecule has 1 aromatic carbocycles. The molecule has 2 rings (SSSR count). The van der Waals surface area contributed by atoms with E-state index in [9.17, 15) is 9.59 Å².